The number of esters is 2. The van der Waals surface area contributed by atoms with Crippen LogP contribution < -0.4 is 0 Å². The molecule has 3 rings (SSSR count). The molecule has 0 radical (unpaired) electrons. The summed E-state index contributed by atoms with van der Waals surface area (Å²) < 4.78 is 16.9. The first-order valence-corrected chi connectivity index (χ1v) is 11.8. The van der Waals surface area contributed by atoms with Gasteiger partial charge in [-0.3, -0.25) is 10.0 Å². The van der Waals surface area contributed by atoms with Crippen molar-refractivity contribution in [3.8, 4) is 0 Å². The van der Waals surface area contributed by atoms with Gasteiger partial charge in [-0.2, -0.15) is 0 Å². The lowest BCUT2D eigenvalue weighted by Gasteiger charge is -2.38. The first-order valence-electron chi connectivity index (χ1n) is 11.8. The fourth-order valence-electron chi connectivity index (χ4n) is 5.08. The molecule has 0 bridgehead atoms. The van der Waals surface area contributed by atoms with Crippen LogP contribution in [0.4, 0.5) is 0 Å². The van der Waals surface area contributed by atoms with E-state index in [1.54, 1.807) is 6.92 Å². The molecule has 5 atom stereocenters. The van der Waals surface area contributed by atoms with E-state index in [4.69, 9.17) is 19.0 Å². The molecule has 0 aromatic rings. The summed E-state index contributed by atoms with van der Waals surface area (Å²) in [7, 11) is 0. The largest absolute Gasteiger partial charge is 0.458 e. The van der Waals surface area contributed by atoms with Crippen LogP contribution in [0.25, 0.3) is 0 Å². The van der Waals surface area contributed by atoms with Gasteiger partial charge in [-0.1, -0.05) is 40.0 Å². The number of rotatable bonds is 8. The molecule has 2 aliphatic carbocycles. The van der Waals surface area contributed by atoms with E-state index in [-0.39, 0.29) is 35.8 Å². The minimum Gasteiger partial charge on any atom is -0.458 e. The molecule has 0 unspecified atom stereocenters. The molecule has 31 heavy (non-hydrogen) atoms. The standard InChI is InChI=1S/C23H37NO7/c1-5-28-22(26)21(24(27)31-16-8-6-7-9-16)18-13-20(25)30-23(18)29-19-12-15(4)10-11-17(19)14(2)3/h14-19,23H,5-13H2,1-4H3/b24-21-/t15-,17+,18+,19-,23-/m1/s1. The first kappa shape index (κ1) is 23.8. The van der Waals surface area contributed by atoms with Crippen LogP contribution in [0.3, 0.4) is 0 Å². The molecule has 8 heteroatoms. The zero-order chi connectivity index (χ0) is 22.5. The molecule has 0 aromatic heterocycles. The molecule has 176 valence electrons. The van der Waals surface area contributed by atoms with Gasteiger partial charge in [0.15, 0.2) is 0 Å². The summed E-state index contributed by atoms with van der Waals surface area (Å²) in [6.07, 6.45) is 5.12. The predicted molar refractivity (Wildman–Crippen MR) is 113 cm³/mol. The fourth-order valence-corrected chi connectivity index (χ4v) is 5.08. The molecule has 1 saturated heterocycles. The molecule has 0 amide bonds. The van der Waals surface area contributed by atoms with Crippen molar-refractivity contribution < 1.29 is 33.5 Å². The van der Waals surface area contributed by atoms with Crippen LogP contribution in [0, 0.1) is 28.9 Å². The normalized spacial score (nSPS) is 32.7. The maximum Gasteiger partial charge on any atom is 0.405 e. The van der Waals surface area contributed by atoms with Gasteiger partial charge >= 0.3 is 17.7 Å². The zero-order valence-corrected chi connectivity index (χ0v) is 19.2. The van der Waals surface area contributed by atoms with Gasteiger partial charge in [-0.15, -0.1) is 0 Å². The monoisotopic (exact) mass is 439 g/mol. The molecule has 1 heterocycles. The van der Waals surface area contributed by atoms with Gasteiger partial charge in [-0.25, -0.2) is 4.79 Å². The lowest BCUT2D eigenvalue weighted by molar-refractivity contribution is -0.753. The number of cyclic esters (lactones) is 1. The second-order valence-electron chi connectivity index (χ2n) is 9.54. The van der Waals surface area contributed by atoms with E-state index >= 15 is 0 Å². The molecule has 0 aromatic carbocycles. The molecule has 0 N–H and O–H groups in total. The highest BCUT2D eigenvalue weighted by atomic mass is 16.9. The highest BCUT2D eigenvalue weighted by Crippen LogP contribution is 2.38. The summed E-state index contributed by atoms with van der Waals surface area (Å²) in [5, 5.41) is 12.9. The molecule has 3 fully saturated rings. The van der Waals surface area contributed by atoms with Crippen molar-refractivity contribution >= 4 is 17.7 Å². The predicted octanol–water partition coefficient (Wildman–Crippen LogP) is 3.74. The highest BCUT2D eigenvalue weighted by Gasteiger charge is 2.50. The second-order valence-corrected chi connectivity index (χ2v) is 9.54. The molecular formula is C23H37NO7. The Balaban J connectivity index is 1.84. The quantitative estimate of drug-likeness (QED) is 0.246. The summed E-state index contributed by atoms with van der Waals surface area (Å²) in [5.41, 5.74) is -0.241. The summed E-state index contributed by atoms with van der Waals surface area (Å²) >= 11 is 0. The summed E-state index contributed by atoms with van der Waals surface area (Å²) in [6, 6.07) is 0. The minimum atomic E-state index is -0.993. The van der Waals surface area contributed by atoms with Crippen molar-refractivity contribution in [1.82, 2.24) is 0 Å². The lowest BCUT2D eigenvalue weighted by atomic mass is 9.75. The first-order chi connectivity index (χ1) is 14.8. The second kappa shape index (κ2) is 10.7. The third-order valence-corrected chi connectivity index (χ3v) is 6.81. The van der Waals surface area contributed by atoms with Gasteiger partial charge < -0.3 is 19.0 Å². The van der Waals surface area contributed by atoms with E-state index in [0.717, 1.165) is 44.9 Å². The smallest absolute Gasteiger partial charge is 0.405 e. The molecular weight excluding hydrogens is 402 g/mol. The van der Waals surface area contributed by atoms with E-state index in [1.807, 2.05) is 0 Å². The van der Waals surface area contributed by atoms with E-state index in [2.05, 4.69) is 20.8 Å². The fraction of sp³-hybridized carbons (Fsp3) is 0.870. The van der Waals surface area contributed by atoms with Crippen LogP contribution in [0.15, 0.2) is 0 Å². The third kappa shape index (κ3) is 5.90. The lowest BCUT2D eigenvalue weighted by Crippen LogP contribution is -2.43. The van der Waals surface area contributed by atoms with Crippen LogP contribution in [0.5, 0.6) is 0 Å². The van der Waals surface area contributed by atoms with Gasteiger partial charge in [-0.05, 0) is 50.4 Å². The number of carbonyl (C=O) groups excluding carboxylic acids is 2. The number of carbonyl (C=O) groups is 2. The van der Waals surface area contributed by atoms with Crippen molar-refractivity contribution in [3.05, 3.63) is 5.21 Å². The summed E-state index contributed by atoms with van der Waals surface area (Å²) in [5.74, 6) is -0.870. The third-order valence-electron chi connectivity index (χ3n) is 6.81. The molecule has 0 spiro atoms. The minimum absolute atomic E-state index is 0.0959. The van der Waals surface area contributed by atoms with Crippen molar-refractivity contribution in [3.63, 3.8) is 0 Å². The van der Waals surface area contributed by atoms with Crippen molar-refractivity contribution in [2.24, 2.45) is 23.7 Å². The molecule has 3 aliphatic rings. The van der Waals surface area contributed by atoms with E-state index in [9.17, 15) is 14.8 Å². The van der Waals surface area contributed by atoms with Gasteiger partial charge in [0.05, 0.1) is 25.2 Å². The summed E-state index contributed by atoms with van der Waals surface area (Å²) in [4.78, 5) is 30.7. The van der Waals surface area contributed by atoms with E-state index in [1.165, 1.54) is 0 Å². The Labute approximate surface area is 184 Å². The Hall–Kier alpha value is -1.83. The Morgan fingerprint density at radius 3 is 2.58 bits per heavy atom. The SMILES string of the molecule is CCOC(=O)/C([C@@H]1CC(=O)O[C@H]1O[C@@H]1C[C@H](C)CC[C@H]1C(C)C)=[N+](/[O-])OC1CCCC1. The van der Waals surface area contributed by atoms with Gasteiger partial charge in [0.2, 0.25) is 6.29 Å². The number of nitrogens with zero attached hydrogens (tertiary/aromatic N) is 1. The van der Waals surface area contributed by atoms with Crippen LogP contribution in [0.1, 0.15) is 79.1 Å². The zero-order valence-electron chi connectivity index (χ0n) is 19.2. The van der Waals surface area contributed by atoms with Crippen LogP contribution >= 0.6 is 0 Å². The van der Waals surface area contributed by atoms with Crippen molar-refractivity contribution in [2.45, 2.75) is 97.6 Å². The molecule has 2 saturated carbocycles. The number of ether oxygens (including phenoxy) is 3. The average molecular weight is 440 g/mol. The molecule has 8 nitrogen and oxygen atoms in total. The van der Waals surface area contributed by atoms with Gasteiger partial charge in [0.1, 0.15) is 5.92 Å². The Morgan fingerprint density at radius 1 is 1.23 bits per heavy atom. The van der Waals surface area contributed by atoms with Crippen molar-refractivity contribution in [2.75, 3.05) is 6.61 Å². The Bertz CT molecular complexity index is 671. The van der Waals surface area contributed by atoms with Crippen LogP contribution in [-0.2, 0) is 28.6 Å². The topological polar surface area (TPSA) is 97.1 Å². The number of hydrogen-bond donors (Lipinski definition) is 0. The van der Waals surface area contributed by atoms with Crippen LogP contribution in [0.2, 0.25) is 0 Å². The maximum absolute atomic E-state index is 12.9. The van der Waals surface area contributed by atoms with E-state index in [0.29, 0.717) is 17.8 Å². The van der Waals surface area contributed by atoms with Crippen molar-refractivity contribution in [1.29, 1.82) is 0 Å². The summed E-state index contributed by atoms with van der Waals surface area (Å²) in [6.45, 7) is 8.31. The van der Waals surface area contributed by atoms with Gasteiger partial charge in [0, 0.05) is 4.90 Å². The molecule has 1 aliphatic heterocycles. The number of hydrogen-bond acceptors (Lipinski definition) is 7. The van der Waals surface area contributed by atoms with Crippen LogP contribution in [-0.4, -0.2) is 47.7 Å². The van der Waals surface area contributed by atoms with Gasteiger partial charge in [0.25, 0.3) is 0 Å². The average Bonchev–Trinajstić information content (AvgIpc) is 3.32. The maximum atomic E-state index is 12.9. The highest BCUT2D eigenvalue weighted by molar-refractivity contribution is 6.35. The van der Waals surface area contributed by atoms with E-state index < -0.39 is 24.1 Å². The Kier molecular flexibility index (Phi) is 8.19. The Morgan fingerprint density at radius 2 is 1.94 bits per heavy atom.